The lowest BCUT2D eigenvalue weighted by Crippen LogP contribution is -2.28. The van der Waals surface area contributed by atoms with Crippen molar-refractivity contribution >= 4 is 27.2 Å². The van der Waals surface area contributed by atoms with Crippen LogP contribution in [0.15, 0.2) is 36.7 Å². The van der Waals surface area contributed by atoms with Crippen LogP contribution in [0.2, 0.25) is 0 Å². The Balaban J connectivity index is 1.55. The third-order valence-electron chi connectivity index (χ3n) is 4.92. The minimum Gasteiger partial charge on any atom is -0.300 e. The Morgan fingerprint density at radius 1 is 1.28 bits per heavy atom. The van der Waals surface area contributed by atoms with Crippen LogP contribution in [0, 0.1) is 6.57 Å². The second kappa shape index (κ2) is 6.91. The van der Waals surface area contributed by atoms with Crippen molar-refractivity contribution in [2.45, 2.75) is 32.2 Å². The summed E-state index contributed by atoms with van der Waals surface area (Å²) in [6.07, 6.45) is 7.07. The maximum Gasteiger partial charge on any atom is 0.205 e. The fourth-order valence-electron chi connectivity index (χ4n) is 3.47. The van der Waals surface area contributed by atoms with E-state index in [4.69, 9.17) is 11.6 Å². The summed E-state index contributed by atoms with van der Waals surface area (Å²) in [5.41, 5.74) is 3.71. The molecule has 0 radical (unpaired) electrons. The molecule has 0 aliphatic carbocycles. The Hall–Kier alpha value is -2.29. The SMILES string of the molecule is [C-]#[N+]c1cncc(-c2ccc3nc(CCN4CCC[C@H]4C)sc3c2)c1. The number of thiazole rings is 1. The van der Waals surface area contributed by atoms with Gasteiger partial charge in [0, 0.05) is 31.4 Å². The first kappa shape index (κ1) is 16.2. The normalized spacial score (nSPS) is 17.8. The van der Waals surface area contributed by atoms with Crippen molar-refractivity contribution in [2.24, 2.45) is 0 Å². The van der Waals surface area contributed by atoms with Crippen LogP contribution in [0.5, 0.6) is 0 Å². The quantitative estimate of drug-likeness (QED) is 0.627. The molecule has 4 rings (SSSR count). The first-order valence-electron chi connectivity index (χ1n) is 8.69. The van der Waals surface area contributed by atoms with Crippen LogP contribution >= 0.6 is 11.3 Å². The van der Waals surface area contributed by atoms with Crippen molar-refractivity contribution < 1.29 is 0 Å². The first-order valence-corrected chi connectivity index (χ1v) is 9.51. The Bertz CT molecular complexity index is 940. The van der Waals surface area contributed by atoms with Crippen molar-refractivity contribution in [1.29, 1.82) is 0 Å². The maximum atomic E-state index is 7.14. The summed E-state index contributed by atoms with van der Waals surface area (Å²) in [7, 11) is 0. The summed E-state index contributed by atoms with van der Waals surface area (Å²) in [5, 5.41) is 1.21. The molecule has 25 heavy (non-hydrogen) atoms. The molecule has 0 spiro atoms. The van der Waals surface area contributed by atoms with Gasteiger partial charge in [0.15, 0.2) is 0 Å². The van der Waals surface area contributed by atoms with E-state index in [0.717, 1.165) is 29.6 Å². The molecule has 0 saturated carbocycles. The molecule has 126 valence electrons. The highest BCUT2D eigenvalue weighted by atomic mass is 32.1. The Morgan fingerprint density at radius 3 is 3.00 bits per heavy atom. The summed E-state index contributed by atoms with van der Waals surface area (Å²) in [4.78, 5) is 15.0. The molecule has 1 aromatic carbocycles. The summed E-state index contributed by atoms with van der Waals surface area (Å²) >= 11 is 1.78. The summed E-state index contributed by atoms with van der Waals surface area (Å²) < 4.78 is 1.20. The molecule has 0 N–H and O–H groups in total. The van der Waals surface area contributed by atoms with E-state index in [1.165, 1.54) is 29.1 Å². The number of hydrogen-bond donors (Lipinski definition) is 0. The van der Waals surface area contributed by atoms with E-state index < -0.39 is 0 Å². The van der Waals surface area contributed by atoms with Crippen LogP contribution < -0.4 is 0 Å². The Labute approximate surface area is 152 Å². The van der Waals surface area contributed by atoms with Gasteiger partial charge in [0.2, 0.25) is 5.69 Å². The molecule has 0 bridgehead atoms. The predicted octanol–water partition coefficient (Wildman–Crippen LogP) is 4.94. The van der Waals surface area contributed by atoms with Crippen molar-refractivity contribution in [3.8, 4) is 11.1 Å². The number of likely N-dealkylation sites (tertiary alicyclic amines) is 1. The lowest BCUT2D eigenvalue weighted by molar-refractivity contribution is 0.272. The molecule has 4 nitrogen and oxygen atoms in total. The Kier molecular flexibility index (Phi) is 4.48. The van der Waals surface area contributed by atoms with Gasteiger partial charge in [0.1, 0.15) is 0 Å². The standard InChI is InChI=1S/C20H20N4S/c1-14-4-3-8-24(14)9-7-20-23-18-6-5-15(11-19(18)25-20)16-10-17(21-2)13-22-12-16/h5-6,10-14H,3-4,7-9H2,1H3/t14-/m1/s1. The van der Waals surface area contributed by atoms with Gasteiger partial charge in [-0.2, -0.15) is 0 Å². The smallest absolute Gasteiger partial charge is 0.205 e. The zero-order chi connectivity index (χ0) is 17.2. The van der Waals surface area contributed by atoms with E-state index in [1.807, 2.05) is 12.3 Å². The number of rotatable bonds is 4. The average molecular weight is 348 g/mol. The van der Waals surface area contributed by atoms with Gasteiger partial charge < -0.3 is 4.90 Å². The minimum atomic E-state index is 0.572. The van der Waals surface area contributed by atoms with Crippen LogP contribution in [0.4, 0.5) is 5.69 Å². The molecule has 0 amide bonds. The topological polar surface area (TPSA) is 33.4 Å². The molecule has 3 aromatic rings. The van der Waals surface area contributed by atoms with Crippen LogP contribution in [0.25, 0.3) is 26.2 Å². The van der Waals surface area contributed by atoms with E-state index in [1.54, 1.807) is 17.5 Å². The monoisotopic (exact) mass is 348 g/mol. The van der Waals surface area contributed by atoms with Gasteiger partial charge >= 0.3 is 0 Å². The number of nitrogens with zero attached hydrogens (tertiary/aromatic N) is 4. The number of fused-ring (bicyclic) bond motifs is 1. The molecular formula is C20H20N4S. The van der Waals surface area contributed by atoms with Gasteiger partial charge in [-0.15, -0.1) is 11.3 Å². The van der Waals surface area contributed by atoms with Crippen molar-refractivity contribution in [3.05, 3.63) is 53.1 Å². The van der Waals surface area contributed by atoms with E-state index in [9.17, 15) is 0 Å². The average Bonchev–Trinajstić information content (AvgIpc) is 3.24. The number of pyridine rings is 1. The van der Waals surface area contributed by atoms with E-state index in [-0.39, 0.29) is 0 Å². The third-order valence-corrected chi connectivity index (χ3v) is 6.00. The molecule has 2 aromatic heterocycles. The molecule has 1 atom stereocenters. The predicted molar refractivity (Wildman–Crippen MR) is 103 cm³/mol. The van der Waals surface area contributed by atoms with E-state index in [2.05, 4.69) is 39.9 Å². The van der Waals surface area contributed by atoms with Gasteiger partial charge in [0.25, 0.3) is 0 Å². The molecule has 1 fully saturated rings. The molecule has 0 unspecified atom stereocenters. The second-order valence-electron chi connectivity index (χ2n) is 6.61. The Morgan fingerprint density at radius 2 is 2.20 bits per heavy atom. The van der Waals surface area contributed by atoms with E-state index >= 15 is 0 Å². The zero-order valence-corrected chi connectivity index (χ0v) is 15.1. The van der Waals surface area contributed by atoms with Crippen LogP contribution in [0.3, 0.4) is 0 Å². The van der Waals surface area contributed by atoms with Gasteiger partial charge in [-0.1, -0.05) is 6.07 Å². The van der Waals surface area contributed by atoms with Crippen molar-refractivity contribution in [3.63, 3.8) is 0 Å². The molecule has 1 saturated heterocycles. The number of aromatic nitrogens is 2. The first-order chi connectivity index (χ1) is 12.2. The molecule has 5 heteroatoms. The fraction of sp³-hybridized carbons (Fsp3) is 0.350. The fourth-order valence-corrected chi connectivity index (χ4v) is 4.47. The third kappa shape index (κ3) is 3.41. The highest BCUT2D eigenvalue weighted by Crippen LogP contribution is 2.30. The number of benzene rings is 1. The molecule has 3 heterocycles. The maximum absolute atomic E-state index is 7.14. The minimum absolute atomic E-state index is 0.572. The van der Waals surface area contributed by atoms with Crippen LogP contribution in [-0.4, -0.2) is 34.0 Å². The number of hydrogen-bond acceptors (Lipinski definition) is 4. The largest absolute Gasteiger partial charge is 0.300 e. The van der Waals surface area contributed by atoms with E-state index in [0.29, 0.717) is 11.7 Å². The van der Waals surface area contributed by atoms with Crippen molar-refractivity contribution in [2.75, 3.05) is 13.1 Å². The van der Waals surface area contributed by atoms with Crippen molar-refractivity contribution in [1.82, 2.24) is 14.9 Å². The second-order valence-corrected chi connectivity index (χ2v) is 7.73. The molecule has 1 aliphatic heterocycles. The highest BCUT2D eigenvalue weighted by molar-refractivity contribution is 7.18. The van der Waals surface area contributed by atoms with Crippen LogP contribution in [-0.2, 0) is 6.42 Å². The zero-order valence-electron chi connectivity index (χ0n) is 14.3. The lowest BCUT2D eigenvalue weighted by Gasteiger charge is -2.19. The lowest BCUT2D eigenvalue weighted by atomic mass is 10.1. The van der Waals surface area contributed by atoms with Gasteiger partial charge in [0.05, 0.1) is 21.8 Å². The summed E-state index contributed by atoms with van der Waals surface area (Å²) in [6, 6.07) is 8.91. The van der Waals surface area contributed by atoms with Gasteiger partial charge in [-0.3, -0.25) is 4.98 Å². The van der Waals surface area contributed by atoms with Gasteiger partial charge in [-0.25, -0.2) is 9.83 Å². The summed E-state index contributed by atoms with van der Waals surface area (Å²) in [5.74, 6) is 0. The van der Waals surface area contributed by atoms with Gasteiger partial charge in [-0.05, 0) is 55.6 Å². The summed E-state index contributed by atoms with van der Waals surface area (Å²) in [6.45, 7) is 11.8. The van der Waals surface area contributed by atoms with Crippen LogP contribution in [0.1, 0.15) is 24.8 Å². The molecule has 1 aliphatic rings. The molecular weight excluding hydrogens is 328 g/mol. The highest BCUT2D eigenvalue weighted by Gasteiger charge is 2.20.